The molecule has 5 heteroatoms. The summed E-state index contributed by atoms with van der Waals surface area (Å²) in [6, 6.07) is 12.0. The Labute approximate surface area is 117 Å². The zero-order valence-corrected chi connectivity index (χ0v) is 11.7. The number of halogens is 1. The second-order valence-electron chi connectivity index (χ2n) is 4.51. The number of benzene rings is 1. The van der Waals surface area contributed by atoms with Crippen LogP contribution in [0.5, 0.6) is 0 Å². The highest BCUT2D eigenvalue weighted by molar-refractivity contribution is 9.10. The predicted octanol–water partition coefficient (Wildman–Crippen LogP) is 3.50. The van der Waals surface area contributed by atoms with Crippen LogP contribution in [0.15, 0.2) is 40.9 Å². The molecular formula is C14H9BrN4. The van der Waals surface area contributed by atoms with Crippen molar-refractivity contribution in [3.05, 3.63) is 46.6 Å². The Balaban J connectivity index is 2.29. The van der Waals surface area contributed by atoms with Crippen LogP contribution in [-0.2, 0) is 0 Å². The Bertz CT molecular complexity index is 942. The van der Waals surface area contributed by atoms with Crippen LogP contribution in [-0.4, -0.2) is 19.6 Å². The van der Waals surface area contributed by atoms with Crippen molar-refractivity contribution in [1.82, 2.24) is 19.6 Å². The van der Waals surface area contributed by atoms with Crippen LogP contribution in [0.2, 0.25) is 0 Å². The summed E-state index contributed by atoms with van der Waals surface area (Å²) in [6.45, 7) is 2.04. The van der Waals surface area contributed by atoms with Crippen molar-refractivity contribution in [2.24, 2.45) is 0 Å². The molecule has 0 amide bonds. The van der Waals surface area contributed by atoms with E-state index < -0.39 is 0 Å². The van der Waals surface area contributed by atoms with Crippen molar-refractivity contribution in [2.75, 3.05) is 0 Å². The van der Waals surface area contributed by atoms with Gasteiger partial charge in [0.15, 0.2) is 5.65 Å². The highest BCUT2D eigenvalue weighted by Crippen LogP contribution is 2.25. The summed E-state index contributed by atoms with van der Waals surface area (Å²) in [5, 5.41) is 9.65. The molecule has 0 unspecified atom stereocenters. The largest absolute Gasteiger partial charge is 0.280 e. The summed E-state index contributed by atoms with van der Waals surface area (Å²) in [6.07, 6.45) is 0. The van der Waals surface area contributed by atoms with Crippen molar-refractivity contribution in [3.8, 4) is 0 Å². The first kappa shape index (κ1) is 10.9. The van der Waals surface area contributed by atoms with Crippen LogP contribution in [0.1, 0.15) is 5.69 Å². The average Bonchev–Trinajstić information content (AvgIpc) is 2.78. The van der Waals surface area contributed by atoms with E-state index in [0.717, 1.165) is 37.9 Å². The number of hydrogen-bond donors (Lipinski definition) is 0. The summed E-state index contributed by atoms with van der Waals surface area (Å²) in [4.78, 5) is 4.68. The Morgan fingerprint density at radius 1 is 1.11 bits per heavy atom. The number of rotatable bonds is 0. The van der Waals surface area contributed by atoms with Crippen molar-refractivity contribution >= 4 is 43.6 Å². The van der Waals surface area contributed by atoms with Crippen LogP contribution in [0.25, 0.3) is 27.7 Å². The topological polar surface area (TPSA) is 43.1 Å². The highest BCUT2D eigenvalue weighted by Gasteiger charge is 2.11. The van der Waals surface area contributed by atoms with Gasteiger partial charge < -0.3 is 0 Å². The molecule has 4 nitrogen and oxygen atoms in total. The van der Waals surface area contributed by atoms with E-state index in [1.807, 2.05) is 47.7 Å². The molecule has 0 aliphatic heterocycles. The van der Waals surface area contributed by atoms with E-state index in [0.29, 0.717) is 0 Å². The molecule has 3 aromatic heterocycles. The number of imidazole rings is 1. The molecule has 0 aliphatic carbocycles. The zero-order chi connectivity index (χ0) is 13.0. The van der Waals surface area contributed by atoms with Gasteiger partial charge in [0.1, 0.15) is 11.2 Å². The molecule has 3 heterocycles. The molecule has 0 bridgehead atoms. The normalized spacial score (nSPS) is 11.7. The summed E-state index contributed by atoms with van der Waals surface area (Å²) in [5.41, 5.74) is 4.56. The van der Waals surface area contributed by atoms with Gasteiger partial charge in [-0.1, -0.05) is 22.0 Å². The molecule has 0 atom stereocenters. The minimum atomic E-state index is 0.808. The molecule has 92 valence electrons. The Kier molecular flexibility index (Phi) is 2.14. The van der Waals surface area contributed by atoms with E-state index >= 15 is 0 Å². The van der Waals surface area contributed by atoms with Crippen molar-refractivity contribution < 1.29 is 0 Å². The summed E-state index contributed by atoms with van der Waals surface area (Å²) < 4.78 is 3.03. The molecule has 0 fully saturated rings. The monoisotopic (exact) mass is 312 g/mol. The van der Waals surface area contributed by atoms with Crippen LogP contribution in [0.4, 0.5) is 0 Å². The molecule has 0 radical (unpaired) electrons. The van der Waals surface area contributed by atoms with Gasteiger partial charge >= 0.3 is 0 Å². The van der Waals surface area contributed by atoms with E-state index in [4.69, 9.17) is 0 Å². The summed E-state index contributed by atoms with van der Waals surface area (Å²) in [7, 11) is 0. The number of pyridine rings is 1. The first-order valence-electron chi connectivity index (χ1n) is 5.94. The van der Waals surface area contributed by atoms with E-state index in [9.17, 15) is 0 Å². The third-order valence-corrected chi connectivity index (χ3v) is 3.78. The molecule has 1 aromatic carbocycles. The third-order valence-electron chi connectivity index (χ3n) is 3.28. The maximum absolute atomic E-state index is 4.68. The van der Waals surface area contributed by atoms with E-state index in [1.54, 1.807) is 0 Å². The Morgan fingerprint density at radius 3 is 2.89 bits per heavy atom. The molecular weight excluding hydrogens is 304 g/mol. The van der Waals surface area contributed by atoms with Crippen molar-refractivity contribution in [3.63, 3.8) is 0 Å². The molecule has 19 heavy (non-hydrogen) atoms. The standard InChI is InChI=1S/C14H9BrN4/c1-8-3-2-4-12-16-13-10-6-5-9(15)7-11(10)17-18-14(13)19(8)12/h2-7H,1H3. The smallest absolute Gasteiger partial charge is 0.187 e. The third kappa shape index (κ3) is 1.48. The van der Waals surface area contributed by atoms with Gasteiger partial charge in [-0.3, -0.25) is 4.40 Å². The molecule has 0 N–H and O–H groups in total. The van der Waals surface area contributed by atoms with Gasteiger partial charge in [0, 0.05) is 15.6 Å². The second-order valence-corrected chi connectivity index (χ2v) is 5.42. The highest BCUT2D eigenvalue weighted by atomic mass is 79.9. The van der Waals surface area contributed by atoms with Gasteiger partial charge in [-0.2, -0.15) is 0 Å². The van der Waals surface area contributed by atoms with E-state index in [-0.39, 0.29) is 0 Å². The molecule has 4 rings (SSSR count). The maximum atomic E-state index is 4.68. The van der Waals surface area contributed by atoms with Gasteiger partial charge in [0.05, 0.1) is 5.52 Å². The van der Waals surface area contributed by atoms with Gasteiger partial charge in [-0.15, -0.1) is 10.2 Å². The minimum absolute atomic E-state index is 0.808. The number of nitrogens with zero attached hydrogens (tertiary/aromatic N) is 4. The van der Waals surface area contributed by atoms with Gasteiger partial charge in [0.25, 0.3) is 0 Å². The fraction of sp³-hybridized carbons (Fsp3) is 0.0714. The van der Waals surface area contributed by atoms with Gasteiger partial charge in [-0.25, -0.2) is 4.98 Å². The lowest BCUT2D eigenvalue weighted by molar-refractivity contribution is 1.04. The van der Waals surface area contributed by atoms with Crippen LogP contribution >= 0.6 is 15.9 Å². The molecule has 0 saturated heterocycles. The van der Waals surface area contributed by atoms with Gasteiger partial charge in [0.2, 0.25) is 0 Å². The SMILES string of the molecule is Cc1cccc2nc3c4ccc(Br)cc4nnc3n12. The predicted molar refractivity (Wildman–Crippen MR) is 78.2 cm³/mol. The molecule has 0 saturated carbocycles. The second kappa shape index (κ2) is 3.74. The summed E-state index contributed by atoms with van der Waals surface area (Å²) >= 11 is 3.45. The zero-order valence-electron chi connectivity index (χ0n) is 10.1. The average molecular weight is 313 g/mol. The van der Waals surface area contributed by atoms with E-state index in [2.05, 4.69) is 31.1 Å². The quantitative estimate of drug-likeness (QED) is 0.499. The lowest BCUT2D eigenvalue weighted by Crippen LogP contribution is -1.93. The minimum Gasteiger partial charge on any atom is -0.280 e. The lowest BCUT2D eigenvalue weighted by Gasteiger charge is -2.00. The molecule has 0 spiro atoms. The fourth-order valence-corrected chi connectivity index (χ4v) is 2.75. The molecule has 0 aliphatic rings. The Hall–Kier alpha value is -2.01. The fourth-order valence-electron chi connectivity index (χ4n) is 2.40. The Morgan fingerprint density at radius 2 is 2.00 bits per heavy atom. The van der Waals surface area contributed by atoms with Gasteiger partial charge in [-0.05, 0) is 37.3 Å². The van der Waals surface area contributed by atoms with Crippen LogP contribution < -0.4 is 0 Å². The van der Waals surface area contributed by atoms with Crippen LogP contribution in [0.3, 0.4) is 0 Å². The first-order valence-corrected chi connectivity index (χ1v) is 6.73. The van der Waals surface area contributed by atoms with Crippen LogP contribution in [0, 0.1) is 6.92 Å². The van der Waals surface area contributed by atoms with E-state index in [1.165, 1.54) is 0 Å². The number of aryl methyl sites for hydroxylation is 1. The maximum Gasteiger partial charge on any atom is 0.187 e. The molecule has 4 aromatic rings. The lowest BCUT2D eigenvalue weighted by atomic mass is 10.2. The number of aromatic nitrogens is 4. The number of fused-ring (bicyclic) bond motifs is 5. The number of hydrogen-bond acceptors (Lipinski definition) is 3. The summed E-state index contributed by atoms with van der Waals surface area (Å²) in [5.74, 6) is 0. The first-order chi connectivity index (χ1) is 9.24. The van der Waals surface area contributed by atoms with Crippen molar-refractivity contribution in [2.45, 2.75) is 6.92 Å². The van der Waals surface area contributed by atoms with Crippen molar-refractivity contribution in [1.29, 1.82) is 0 Å².